The fraction of sp³-hybridized carbons (Fsp3) is 0.125. The molecule has 0 aliphatic carbocycles. The number of nitrogens with zero attached hydrogens (tertiary/aromatic N) is 1. The largest absolute Gasteiger partial charge is 0.293 e. The molecular weight excluding hydrogens is 273 g/mol. The van der Waals surface area contributed by atoms with Crippen molar-refractivity contribution in [3.05, 3.63) is 38.3 Å². The highest BCUT2D eigenvalue weighted by atomic mass is 79.9. The Balaban J connectivity index is 3.27. The zero-order valence-electron chi connectivity index (χ0n) is 6.87. The molecule has 14 heavy (non-hydrogen) atoms. The zero-order chi connectivity index (χ0) is 10.7. The van der Waals surface area contributed by atoms with Crippen LogP contribution in [0.1, 0.15) is 10.4 Å². The van der Waals surface area contributed by atoms with E-state index in [9.17, 15) is 14.9 Å². The number of benzene rings is 1. The van der Waals surface area contributed by atoms with Gasteiger partial charge in [-0.15, -0.1) is 11.6 Å². The van der Waals surface area contributed by atoms with Crippen molar-refractivity contribution in [1.29, 1.82) is 0 Å². The topological polar surface area (TPSA) is 60.2 Å². The molecule has 0 atom stereocenters. The molecule has 4 nitrogen and oxygen atoms in total. The Morgan fingerprint density at radius 2 is 2.21 bits per heavy atom. The van der Waals surface area contributed by atoms with Crippen molar-refractivity contribution >= 4 is 39.0 Å². The van der Waals surface area contributed by atoms with Crippen LogP contribution in [0.5, 0.6) is 0 Å². The lowest BCUT2D eigenvalue weighted by atomic mass is 10.1. The minimum atomic E-state index is -0.560. The number of Topliss-reactive ketones (excluding diaryl/α,β-unsaturated/α-hetero) is 1. The number of ketones is 1. The number of alkyl halides is 1. The van der Waals surface area contributed by atoms with E-state index in [-0.39, 0.29) is 27.4 Å². The van der Waals surface area contributed by atoms with Gasteiger partial charge in [-0.05, 0) is 22.0 Å². The molecule has 0 saturated heterocycles. The average Bonchev–Trinajstić information content (AvgIpc) is 2.16. The quantitative estimate of drug-likeness (QED) is 0.370. The summed E-state index contributed by atoms with van der Waals surface area (Å²) in [5.74, 6) is -0.540. The average molecular weight is 278 g/mol. The molecule has 0 amide bonds. The molecule has 0 radical (unpaired) electrons. The standard InChI is InChI=1S/C8H5BrClNO3/c9-8-5(7(12)4-10)2-1-3-6(8)11(13)14/h1-3H,4H2. The lowest BCUT2D eigenvalue weighted by Gasteiger charge is -2.00. The van der Waals surface area contributed by atoms with Gasteiger partial charge in [-0.1, -0.05) is 6.07 Å². The highest BCUT2D eigenvalue weighted by Crippen LogP contribution is 2.28. The van der Waals surface area contributed by atoms with Crippen LogP contribution >= 0.6 is 27.5 Å². The molecule has 1 rings (SSSR count). The summed E-state index contributed by atoms with van der Waals surface area (Å²) in [5.41, 5.74) is 0.0927. The van der Waals surface area contributed by atoms with Crippen LogP contribution in [0.2, 0.25) is 0 Å². The van der Waals surface area contributed by atoms with Crippen LogP contribution in [0.4, 0.5) is 5.69 Å². The van der Waals surface area contributed by atoms with Crippen molar-refractivity contribution in [2.45, 2.75) is 0 Å². The lowest BCUT2D eigenvalue weighted by Crippen LogP contribution is -2.03. The molecule has 0 bridgehead atoms. The summed E-state index contributed by atoms with van der Waals surface area (Å²) in [6.07, 6.45) is 0. The Morgan fingerprint density at radius 1 is 1.57 bits per heavy atom. The van der Waals surface area contributed by atoms with E-state index in [1.165, 1.54) is 18.2 Å². The molecule has 0 aromatic heterocycles. The van der Waals surface area contributed by atoms with E-state index in [4.69, 9.17) is 11.6 Å². The van der Waals surface area contributed by atoms with Gasteiger partial charge in [0.05, 0.1) is 10.8 Å². The van der Waals surface area contributed by atoms with Crippen molar-refractivity contribution in [2.24, 2.45) is 0 Å². The number of nitro groups is 1. The normalized spacial score (nSPS) is 9.86. The van der Waals surface area contributed by atoms with Gasteiger partial charge in [0.25, 0.3) is 5.69 Å². The van der Waals surface area contributed by atoms with E-state index >= 15 is 0 Å². The highest BCUT2D eigenvalue weighted by Gasteiger charge is 2.18. The van der Waals surface area contributed by atoms with E-state index in [0.717, 1.165) is 0 Å². The number of carbonyl (C=O) groups excluding carboxylic acids is 1. The second-order valence-electron chi connectivity index (χ2n) is 2.45. The molecule has 0 unspecified atom stereocenters. The fourth-order valence-electron chi connectivity index (χ4n) is 0.948. The van der Waals surface area contributed by atoms with Gasteiger partial charge in [0.15, 0.2) is 5.78 Å². The molecule has 0 saturated carbocycles. The van der Waals surface area contributed by atoms with Crippen molar-refractivity contribution in [3.8, 4) is 0 Å². The Kier molecular flexibility index (Phi) is 3.60. The second kappa shape index (κ2) is 4.52. The van der Waals surface area contributed by atoms with Crippen LogP contribution in [0.3, 0.4) is 0 Å². The number of carbonyl (C=O) groups is 1. The van der Waals surface area contributed by atoms with Crippen molar-refractivity contribution in [3.63, 3.8) is 0 Å². The first-order chi connectivity index (χ1) is 6.57. The SMILES string of the molecule is O=C(CCl)c1cccc([N+](=O)[O-])c1Br. The maximum atomic E-state index is 11.2. The van der Waals surface area contributed by atoms with E-state index in [2.05, 4.69) is 15.9 Å². The Bertz CT molecular complexity index is 394. The molecule has 1 aromatic rings. The summed E-state index contributed by atoms with van der Waals surface area (Å²) in [4.78, 5) is 21.2. The molecule has 0 heterocycles. The number of hydrogen-bond acceptors (Lipinski definition) is 3. The fourth-order valence-corrected chi connectivity index (χ4v) is 1.72. The highest BCUT2D eigenvalue weighted by molar-refractivity contribution is 9.10. The number of rotatable bonds is 3. The number of halogens is 2. The number of hydrogen-bond donors (Lipinski definition) is 0. The molecule has 6 heteroatoms. The minimum Gasteiger partial charge on any atom is -0.293 e. The van der Waals surface area contributed by atoms with Gasteiger partial charge in [0.1, 0.15) is 4.47 Å². The smallest absolute Gasteiger partial charge is 0.284 e. The predicted molar refractivity (Wildman–Crippen MR) is 55.8 cm³/mol. The van der Waals surface area contributed by atoms with Crippen molar-refractivity contribution < 1.29 is 9.72 Å². The first-order valence-corrected chi connectivity index (χ1v) is 4.92. The van der Waals surface area contributed by atoms with Crippen LogP contribution in [0, 0.1) is 10.1 Å². The van der Waals surface area contributed by atoms with Crippen molar-refractivity contribution in [2.75, 3.05) is 5.88 Å². The van der Waals surface area contributed by atoms with Crippen LogP contribution in [-0.4, -0.2) is 16.6 Å². The Hall–Kier alpha value is -0.940. The van der Waals surface area contributed by atoms with Gasteiger partial charge in [-0.3, -0.25) is 14.9 Å². The molecule has 0 N–H and O–H groups in total. The predicted octanol–water partition coefficient (Wildman–Crippen LogP) is 2.78. The van der Waals surface area contributed by atoms with Gasteiger partial charge < -0.3 is 0 Å². The van der Waals surface area contributed by atoms with Crippen LogP contribution in [-0.2, 0) is 0 Å². The molecular formula is C8H5BrClNO3. The first kappa shape index (κ1) is 11.1. The van der Waals surface area contributed by atoms with Gasteiger partial charge in [0, 0.05) is 11.6 Å². The summed E-state index contributed by atoms with van der Waals surface area (Å²) in [7, 11) is 0. The monoisotopic (exact) mass is 277 g/mol. The van der Waals surface area contributed by atoms with E-state index in [0.29, 0.717) is 0 Å². The van der Waals surface area contributed by atoms with E-state index in [1.807, 2.05) is 0 Å². The van der Waals surface area contributed by atoms with Gasteiger partial charge in [0.2, 0.25) is 0 Å². The Labute approximate surface area is 93.1 Å². The van der Waals surface area contributed by atoms with Crippen molar-refractivity contribution in [1.82, 2.24) is 0 Å². The molecule has 74 valence electrons. The lowest BCUT2D eigenvalue weighted by molar-refractivity contribution is -0.385. The summed E-state index contributed by atoms with van der Waals surface area (Å²) in [5, 5.41) is 10.5. The van der Waals surface area contributed by atoms with Crippen LogP contribution < -0.4 is 0 Å². The molecule has 0 aliphatic rings. The summed E-state index contributed by atoms with van der Waals surface area (Å²) in [6.45, 7) is 0. The zero-order valence-corrected chi connectivity index (χ0v) is 9.21. The maximum absolute atomic E-state index is 11.2. The summed E-state index contributed by atoms with van der Waals surface area (Å²) >= 11 is 8.35. The van der Waals surface area contributed by atoms with Gasteiger partial charge in [-0.2, -0.15) is 0 Å². The first-order valence-electron chi connectivity index (χ1n) is 3.60. The minimum absolute atomic E-state index is 0.138. The van der Waals surface area contributed by atoms with Gasteiger partial charge >= 0.3 is 0 Å². The third kappa shape index (κ3) is 2.10. The van der Waals surface area contributed by atoms with E-state index < -0.39 is 4.92 Å². The second-order valence-corrected chi connectivity index (χ2v) is 3.51. The maximum Gasteiger partial charge on any atom is 0.284 e. The third-order valence-electron chi connectivity index (χ3n) is 1.60. The molecule has 0 spiro atoms. The number of nitro benzene ring substituents is 1. The third-order valence-corrected chi connectivity index (χ3v) is 2.67. The van der Waals surface area contributed by atoms with Crippen LogP contribution in [0.15, 0.2) is 22.7 Å². The molecule has 1 aromatic carbocycles. The Morgan fingerprint density at radius 3 is 2.71 bits per heavy atom. The summed E-state index contributed by atoms with van der Waals surface area (Å²) in [6, 6.07) is 4.25. The summed E-state index contributed by atoms with van der Waals surface area (Å²) < 4.78 is 0.177. The molecule has 0 fully saturated rings. The van der Waals surface area contributed by atoms with Gasteiger partial charge in [-0.25, -0.2) is 0 Å². The van der Waals surface area contributed by atoms with E-state index in [1.54, 1.807) is 0 Å². The van der Waals surface area contributed by atoms with Crippen LogP contribution in [0.25, 0.3) is 0 Å². The molecule has 0 aliphatic heterocycles.